The summed E-state index contributed by atoms with van der Waals surface area (Å²) in [5.41, 5.74) is 2.05. The van der Waals surface area contributed by atoms with Crippen molar-refractivity contribution in [2.24, 2.45) is 0 Å². The number of piperidine rings is 1. The normalized spacial score (nSPS) is 16.7. The minimum Gasteiger partial charge on any atom is -0.309 e. The van der Waals surface area contributed by atoms with Crippen molar-refractivity contribution in [3.05, 3.63) is 59.4 Å². The molecule has 0 unspecified atom stereocenters. The standard InChI is InChI=1S/C24H25F2N5OS.ClH/c25-15-1-3-21-19(11-15)18(20(26)13-28-21)7-10-31-8-5-16(6-9-31)27-12-17-2-4-22-24(29-17)30-23(32)14-33-22;/h1-4,11,13,16,27H,5-10,12,14H2,(H,29,30,32);1H. The van der Waals surface area contributed by atoms with Crippen LogP contribution in [-0.4, -0.2) is 52.2 Å². The number of nitrogens with one attached hydrogen (secondary N) is 2. The van der Waals surface area contributed by atoms with Gasteiger partial charge in [0, 0.05) is 30.1 Å². The third-order valence-corrected chi connectivity index (χ3v) is 7.31. The molecule has 180 valence electrons. The first-order valence-corrected chi connectivity index (χ1v) is 12.1. The zero-order valence-corrected chi connectivity index (χ0v) is 20.2. The number of halogens is 3. The first kappa shape index (κ1) is 24.8. The SMILES string of the molecule is Cl.O=C1CSc2ccc(CNC3CCN(CCc4c(F)cnc5ccc(F)cc45)CC3)nc2N1. The summed E-state index contributed by atoms with van der Waals surface area (Å²) in [6.45, 7) is 3.21. The second kappa shape index (κ2) is 10.9. The number of aromatic nitrogens is 2. The number of thioether (sulfide) groups is 1. The molecule has 0 radical (unpaired) electrons. The van der Waals surface area contributed by atoms with E-state index in [4.69, 9.17) is 0 Å². The van der Waals surface area contributed by atoms with Gasteiger partial charge in [-0.1, -0.05) is 0 Å². The number of hydrogen-bond acceptors (Lipinski definition) is 6. The van der Waals surface area contributed by atoms with Crippen LogP contribution >= 0.6 is 24.2 Å². The van der Waals surface area contributed by atoms with E-state index >= 15 is 0 Å². The summed E-state index contributed by atoms with van der Waals surface area (Å²) in [5.74, 6) is 0.323. The van der Waals surface area contributed by atoms with E-state index < -0.39 is 0 Å². The Hall–Kier alpha value is -2.33. The van der Waals surface area contributed by atoms with Gasteiger partial charge in [-0.15, -0.1) is 24.2 Å². The summed E-state index contributed by atoms with van der Waals surface area (Å²) in [4.78, 5) is 23.6. The number of pyridine rings is 2. The molecule has 4 heterocycles. The number of carbonyl (C=O) groups is 1. The summed E-state index contributed by atoms with van der Waals surface area (Å²) in [6.07, 6.45) is 3.73. The predicted molar refractivity (Wildman–Crippen MR) is 133 cm³/mol. The fourth-order valence-electron chi connectivity index (χ4n) is 4.43. The van der Waals surface area contributed by atoms with E-state index in [-0.39, 0.29) is 29.9 Å². The molecule has 0 saturated carbocycles. The molecule has 2 aliphatic heterocycles. The number of anilines is 1. The lowest BCUT2D eigenvalue weighted by Gasteiger charge is -2.32. The molecule has 0 spiro atoms. The van der Waals surface area contributed by atoms with Gasteiger partial charge in [-0.2, -0.15) is 0 Å². The van der Waals surface area contributed by atoms with Crippen LogP contribution in [0.5, 0.6) is 0 Å². The zero-order valence-electron chi connectivity index (χ0n) is 18.5. The van der Waals surface area contributed by atoms with Crippen molar-refractivity contribution in [1.29, 1.82) is 0 Å². The maximum atomic E-state index is 14.4. The molecular weight excluding hydrogens is 480 g/mol. The number of amides is 1. The van der Waals surface area contributed by atoms with Crippen LogP contribution in [0.3, 0.4) is 0 Å². The van der Waals surface area contributed by atoms with Gasteiger partial charge < -0.3 is 15.5 Å². The van der Waals surface area contributed by atoms with Crippen LogP contribution in [0, 0.1) is 11.6 Å². The van der Waals surface area contributed by atoms with E-state index in [1.54, 1.807) is 6.07 Å². The smallest absolute Gasteiger partial charge is 0.235 e. The number of nitrogens with zero attached hydrogens (tertiary/aromatic N) is 3. The maximum Gasteiger partial charge on any atom is 0.235 e. The molecule has 0 atom stereocenters. The Bertz CT molecular complexity index is 1180. The highest BCUT2D eigenvalue weighted by molar-refractivity contribution is 8.00. The molecule has 1 fully saturated rings. The summed E-state index contributed by atoms with van der Waals surface area (Å²) in [5, 5.41) is 6.96. The average molecular weight is 506 g/mol. The highest BCUT2D eigenvalue weighted by atomic mass is 35.5. The van der Waals surface area contributed by atoms with Crippen LogP contribution in [-0.2, 0) is 17.8 Å². The van der Waals surface area contributed by atoms with Gasteiger partial charge in [0.25, 0.3) is 0 Å². The van der Waals surface area contributed by atoms with Gasteiger partial charge in [-0.3, -0.25) is 9.78 Å². The monoisotopic (exact) mass is 505 g/mol. The van der Waals surface area contributed by atoms with Gasteiger partial charge in [0.15, 0.2) is 0 Å². The third-order valence-electron chi connectivity index (χ3n) is 6.26. The number of fused-ring (bicyclic) bond motifs is 2. The lowest BCUT2D eigenvalue weighted by molar-refractivity contribution is -0.113. The number of hydrogen-bond donors (Lipinski definition) is 2. The van der Waals surface area contributed by atoms with Crippen LogP contribution in [0.25, 0.3) is 10.9 Å². The quantitative estimate of drug-likeness (QED) is 0.524. The molecule has 6 nitrogen and oxygen atoms in total. The zero-order chi connectivity index (χ0) is 22.8. The van der Waals surface area contributed by atoms with E-state index in [0.29, 0.717) is 47.0 Å². The van der Waals surface area contributed by atoms with Gasteiger partial charge >= 0.3 is 0 Å². The van der Waals surface area contributed by atoms with Crippen LogP contribution < -0.4 is 10.6 Å². The fourth-order valence-corrected chi connectivity index (χ4v) is 5.19. The van der Waals surface area contributed by atoms with E-state index in [1.807, 2.05) is 12.1 Å². The maximum absolute atomic E-state index is 14.4. The largest absolute Gasteiger partial charge is 0.309 e. The third kappa shape index (κ3) is 5.66. The highest BCUT2D eigenvalue weighted by Gasteiger charge is 2.21. The second-order valence-corrected chi connectivity index (χ2v) is 9.50. The Balaban J connectivity index is 0.00000274. The molecule has 0 aliphatic carbocycles. The Labute approximate surface area is 207 Å². The Kier molecular flexibility index (Phi) is 7.98. The fraction of sp³-hybridized carbons (Fsp3) is 0.375. The van der Waals surface area contributed by atoms with Crippen molar-refractivity contribution in [1.82, 2.24) is 20.2 Å². The minimum atomic E-state index is -0.378. The molecule has 34 heavy (non-hydrogen) atoms. The van der Waals surface area contributed by atoms with Crippen molar-refractivity contribution >= 4 is 46.8 Å². The Morgan fingerprint density at radius 2 is 2.00 bits per heavy atom. The first-order valence-electron chi connectivity index (χ1n) is 11.2. The van der Waals surface area contributed by atoms with Crippen molar-refractivity contribution < 1.29 is 13.6 Å². The lowest BCUT2D eigenvalue weighted by atomic mass is 10.0. The number of likely N-dealkylation sites (tertiary alicyclic amines) is 1. The van der Waals surface area contributed by atoms with Gasteiger partial charge in [0.05, 0.1) is 28.1 Å². The molecule has 0 bridgehead atoms. The van der Waals surface area contributed by atoms with E-state index in [0.717, 1.165) is 43.1 Å². The van der Waals surface area contributed by atoms with Gasteiger partial charge in [-0.05, 0) is 62.7 Å². The van der Waals surface area contributed by atoms with Gasteiger partial charge in [-0.25, -0.2) is 13.8 Å². The molecule has 10 heteroatoms. The van der Waals surface area contributed by atoms with Gasteiger partial charge in [0.2, 0.25) is 5.91 Å². The summed E-state index contributed by atoms with van der Waals surface area (Å²) >= 11 is 1.51. The van der Waals surface area contributed by atoms with E-state index in [1.165, 1.54) is 30.1 Å². The molecule has 3 aromatic rings. The molecule has 2 N–H and O–H groups in total. The molecule has 1 aromatic carbocycles. The second-order valence-electron chi connectivity index (χ2n) is 8.48. The van der Waals surface area contributed by atoms with Crippen LogP contribution in [0.4, 0.5) is 14.6 Å². The summed E-state index contributed by atoms with van der Waals surface area (Å²) in [6, 6.07) is 8.71. The average Bonchev–Trinajstić information content (AvgIpc) is 2.82. The molecule has 1 amide bonds. The van der Waals surface area contributed by atoms with Crippen LogP contribution in [0.2, 0.25) is 0 Å². The molecular formula is C24H26ClF2N5OS. The van der Waals surface area contributed by atoms with Crippen LogP contribution in [0.1, 0.15) is 24.1 Å². The lowest BCUT2D eigenvalue weighted by Crippen LogP contribution is -2.43. The Morgan fingerprint density at radius 3 is 2.82 bits per heavy atom. The summed E-state index contributed by atoms with van der Waals surface area (Å²) in [7, 11) is 0. The number of benzene rings is 1. The topological polar surface area (TPSA) is 70.2 Å². The van der Waals surface area contributed by atoms with E-state index in [9.17, 15) is 13.6 Å². The van der Waals surface area contributed by atoms with Crippen molar-refractivity contribution in [3.63, 3.8) is 0 Å². The molecule has 1 saturated heterocycles. The number of rotatable bonds is 6. The van der Waals surface area contributed by atoms with E-state index in [2.05, 4.69) is 25.5 Å². The summed E-state index contributed by atoms with van der Waals surface area (Å²) < 4.78 is 28.1. The highest BCUT2D eigenvalue weighted by Crippen LogP contribution is 2.29. The predicted octanol–water partition coefficient (Wildman–Crippen LogP) is 4.17. The van der Waals surface area contributed by atoms with Crippen molar-refractivity contribution in [2.75, 3.05) is 30.7 Å². The molecule has 2 aromatic heterocycles. The van der Waals surface area contributed by atoms with Gasteiger partial charge in [0.1, 0.15) is 17.5 Å². The Morgan fingerprint density at radius 1 is 1.18 bits per heavy atom. The number of carbonyl (C=O) groups excluding carboxylic acids is 1. The molecule has 2 aliphatic rings. The van der Waals surface area contributed by atoms with Crippen molar-refractivity contribution in [3.8, 4) is 0 Å². The molecule has 5 rings (SSSR count). The van der Waals surface area contributed by atoms with Crippen LogP contribution in [0.15, 0.2) is 41.4 Å². The van der Waals surface area contributed by atoms with Crippen molar-refractivity contribution in [2.45, 2.75) is 36.7 Å². The first-order chi connectivity index (χ1) is 16.0. The minimum absolute atomic E-state index is 0.